The van der Waals surface area contributed by atoms with Crippen molar-refractivity contribution in [2.45, 2.75) is 39.2 Å². The second-order valence-electron chi connectivity index (χ2n) is 5.07. The fraction of sp³-hybridized carbons (Fsp3) is 0.353. The molecule has 1 N–H and O–H groups in total. The van der Waals surface area contributed by atoms with Crippen LogP contribution in [0.3, 0.4) is 0 Å². The number of carbonyl (C=O) groups excluding carboxylic acids is 1. The maximum atomic E-state index is 12.0. The average Bonchev–Trinajstić information content (AvgIpc) is 2.39. The summed E-state index contributed by atoms with van der Waals surface area (Å²) in [6.45, 7) is 4.19. The molecule has 2 nitrogen and oxygen atoms in total. The molecule has 0 aliphatic rings. The van der Waals surface area contributed by atoms with E-state index in [1.54, 1.807) is 0 Å². The Hall–Kier alpha value is -1.83. The highest BCUT2D eigenvalue weighted by Crippen LogP contribution is 2.18. The molecule has 1 amide bonds. The van der Waals surface area contributed by atoms with E-state index < -0.39 is 0 Å². The van der Waals surface area contributed by atoms with E-state index in [-0.39, 0.29) is 11.9 Å². The van der Waals surface area contributed by atoms with Crippen molar-refractivity contribution in [2.24, 2.45) is 0 Å². The third-order valence-electron chi connectivity index (χ3n) is 3.36. The van der Waals surface area contributed by atoms with Crippen LogP contribution in [0.5, 0.6) is 0 Å². The summed E-state index contributed by atoms with van der Waals surface area (Å²) < 4.78 is 0. The summed E-state index contributed by atoms with van der Waals surface area (Å²) in [7, 11) is 0. The zero-order valence-corrected chi connectivity index (χ0v) is 11.6. The molecular weight excluding hydrogens is 234 g/mol. The molecule has 0 spiro atoms. The molecule has 0 unspecified atom stereocenters. The van der Waals surface area contributed by atoms with Gasteiger partial charge >= 0.3 is 0 Å². The monoisotopic (exact) mass is 255 g/mol. The molecule has 19 heavy (non-hydrogen) atoms. The molecule has 0 radical (unpaired) electrons. The molecule has 0 heterocycles. The minimum atomic E-state index is 0.109. The Labute approximate surface area is 114 Å². The van der Waals surface area contributed by atoms with Crippen molar-refractivity contribution < 1.29 is 4.79 Å². The first kappa shape index (κ1) is 13.6. The SMILES string of the molecule is CCC[C@H](C)NC(=O)Cc1cccc2ccccc12. The Morgan fingerprint density at radius 2 is 1.89 bits per heavy atom. The van der Waals surface area contributed by atoms with Crippen LogP contribution in [0.4, 0.5) is 0 Å². The van der Waals surface area contributed by atoms with E-state index in [1.165, 1.54) is 10.8 Å². The summed E-state index contributed by atoms with van der Waals surface area (Å²) in [6.07, 6.45) is 2.58. The number of hydrogen-bond donors (Lipinski definition) is 1. The molecule has 0 saturated heterocycles. The van der Waals surface area contributed by atoms with E-state index in [4.69, 9.17) is 0 Å². The Kier molecular flexibility index (Phi) is 4.56. The number of hydrogen-bond acceptors (Lipinski definition) is 1. The van der Waals surface area contributed by atoms with Gasteiger partial charge in [0.2, 0.25) is 5.91 Å². The minimum absolute atomic E-state index is 0.109. The largest absolute Gasteiger partial charge is 0.353 e. The summed E-state index contributed by atoms with van der Waals surface area (Å²) >= 11 is 0. The van der Waals surface area contributed by atoms with Crippen LogP contribution in [0.25, 0.3) is 10.8 Å². The van der Waals surface area contributed by atoms with Gasteiger partial charge in [0.05, 0.1) is 6.42 Å². The van der Waals surface area contributed by atoms with Gasteiger partial charge in [-0.2, -0.15) is 0 Å². The maximum Gasteiger partial charge on any atom is 0.224 e. The summed E-state index contributed by atoms with van der Waals surface area (Å²) in [6, 6.07) is 14.6. The van der Waals surface area contributed by atoms with Crippen LogP contribution >= 0.6 is 0 Å². The van der Waals surface area contributed by atoms with E-state index in [0.29, 0.717) is 6.42 Å². The summed E-state index contributed by atoms with van der Waals surface area (Å²) in [4.78, 5) is 12.0. The Balaban J connectivity index is 2.11. The molecule has 1 atom stereocenters. The van der Waals surface area contributed by atoms with Crippen molar-refractivity contribution in [3.63, 3.8) is 0 Å². The quantitative estimate of drug-likeness (QED) is 0.867. The van der Waals surface area contributed by atoms with E-state index in [1.807, 2.05) is 24.3 Å². The normalized spacial score (nSPS) is 12.3. The molecule has 0 aromatic heterocycles. The van der Waals surface area contributed by atoms with Crippen molar-refractivity contribution in [3.8, 4) is 0 Å². The van der Waals surface area contributed by atoms with Crippen molar-refractivity contribution in [1.29, 1.82) is 0 Å². The van der Waals surface area contributed by atoms with Crippen LogP contribution in [0.1, 0.15) is 32.3 Å². The lowest BCUT2D eigenvalue weighted by Gasteiger charge is -2.13. The smallest absolute Gasteiger partial charge is 0.224 e. The lowest BCUT2D eigenvalue weighted by Crippen LogP contribution is -2.33. The topological polar surface area (TPSA) is 29.1 Å². The molecule has 0 aliphatic carbocycles. The molecular formula is C17H21NO. The highest BCUT2D eigenvalue weighted by molar-refractivity contribution is 5.90. The van der Waals surface area contributed by atoms with E-state index in [9.17, 15) is 4.79 Å². The van der Waals surface area contributed by atoms with Gasteiger partial charge < -0.3 is 5.32 Å². The van der Waals surface area contributed by atoms with Gasteiger partial charge in [0, 0.05) is 6.04 Å². The molecule has 2 rings (SSSR count). The second kappa shape index (κ2) is 6.37. The summed E-state index contributed by atoms with van der Waals surface area (Å²) in [5.74, 6) is 0.109. The summed E-state index contributed by atoms with van der Waals surface area (Å²) in [5.41, 5.74) is 1.10. The van der Waals surface area contributed by atoms with Gasteiger partial charge in [-0.05, 0) is 29.7 Å². The third-order valence-corrected chi connectivity index (χ3v) is 3.36. The third kappa shape index (κ3) is 3.57. The van der Waals surface area contributed by atoms with Crippen molar-refractivity contribution in [3.05, 3.63) is 48.0 Å². The van der Waals surface area contributed by atoms with Crippen LogP contribution in [0, 0.1) is 0 Å². The highest BCUT2D eigenvalue weighted by Gasteiger charge is 2.09. The molecule has 2 aromatic rings. The van der Waals surface area contributed by atoms with Crippen LogP contribution in [0.15, 0.2) is 42.5 Å². The number of rotatable bonds is 5. The zero-order chi connectivity index (χ0) is 13.7. The van der Waals surface area contributed by atoms with Crippen LogP contribution in [0.2, 0.25) is 0 Å². The van der Waals surface area contributed by atoms with E-state index in [0.717, 1.165) is 18.4 Å². The van der Waals surface area contributed by atoms with E-state index >= 15 is 0 Å². The van der Waals surface area contributed by atoms with Crippen molar-refractivity contribution in [1.82, 2.24) is 5.32 Å². The Morgan fingerprint density at radius 3 is 2.68 bits per heavy atom. The van der Waals surface area contributed by atoms with Gasteiger partial charge in [0.1, 0.15) is 0 Å². The number of amides is 1. The van der Waals surface area contributed by atoms with Crippen LogP contribution in [-0.4, -0.2) is 11.9 Å². The minimum Gasteiger partial charge on any atom is -0.353 e. The van der Waals surface area contributed by atoms with Gasteiger partial charge in [-0.3, -0.25) is 4.79 Å². The predicted molar refractivity (Wildman–Crippen MR) is 80.2 cm³/mol. The number of benzene rings is 2. The van der Waals surface area contributed by atoms with Gasteiger partial charge in [0.25, 0.3) is 0 Å². The van der Waals surface area contributed by atoms with Crippen LogP contribution in [-0.2, 0) is 11.2 Å². The lowest BCUT2D eigenvalue weighted by atomic mass is 10.0. The first-order valence-electron chi connectivity index (χ1n) is 6.96. The molecule has 0 saturated carbocycles. The second-order valence-corrected chi connectivity index (χ2v) is 5.07. The van der Waals surface area contributed by atoms with Gasteiger partial charge in [-0.15, -0.1) is 0 Å². The number of nitrogens with one attached hydrogen (secondary N) is 1. The Bertz CT molecular complexity index is 557. The van der Waals surface area contributed by atoms with Crippen LogP contribution < -0.4 is 5.32 Å². The van der Waals surface area contributed by atoms with Crippen molar-refractivity contribution in [2.75, 3.05) is 0 Å². The first-order chi connectivity index (χ1) is 9.20. The van der Waals surface area contributed by atoms with Gasteiger partial charge in [0.15, 0.2) is 0 Å². The fourth-order valence-electron chi connectivity index (χ4n) is 2.45. The number of fused-ring (bicyclic) bond motifs is 1. The number of carbonyl (C=O) groups is 1. The zero-order valence-electron chi connectivity index (χ0n) is 11.6. The maximum absolute atomic E-state index is 12.0. The average molecular weight is 255 g/mol. The molecule has 2 aromatic carbocycles. The molecule has 2 heteroatoms. The van der Waals surface area contributed by atoms with Gasteiger partial charge in [-0.25, -0.2) is 0 Å². The summed E-state index contributed by atoms with van der Waals surface area (Å²) in [5, 5.41) is 5.41. The standard InChI is InChI=1S/C17H21NO/c1-3-7-13(2)18-17(19)12-15-10-6-9-14-8-4-5-11-16(14)15/h4-6,8-11,13H,3,7,12H2,1-2H3,(H,18,19)/t13-/m0/s1. The first-order valence-corrected chi connectivity index (χ1v) is 6.96. The molecule has 100 valence electrons. The van der Waals surface area contributed by atoms with Gasteiger partial charge in [-0.1, -0.05) is 55.8 Å². The molecule has 0 aliphatic heterocycles. The predicted octanol–water partition coefficient (Wildman–Crippen LogP) is 3.69. The lowest BCUT2D eigenvalue weighted by molar-refractivity contribution is -0.121. The molecule has 0 fully saturated rings. The van der Waals surface area contributed by atoms with E-state index in [2.05, 4.69) is 37.4 Å². The van der Waals surface area contributed by atoms with Crippen molar-refractivity contribution >= 4 is 16.7 Å². The molecule has 0 bridgehead atoms. The highest BCUT2D eigenvalue weighted by atomic mass is 16.1. The Morgan fingerprint density at radius 1 is 1.16 bits per heavy atom. The fourth-order valence-corrected chi connectivity index (χ4v) is 2.45.